The lowest BCUT2D eigenvalue weighted by molar-refractivity contribution is -0.138. The molecule has 2 aliphatic rings. The minimum atomic E-state index is -0.220. The van der Waals surface area contributed by atoms with Gasteiger partial charge in [-0.25, -0.2) is 0 Å². The number of amides is 2. The van der Waals surface area contributed by atoms with Crippen LogP contribution in [0.4, 0.5) is 0 Å². The van der Waals surface area contributed by atoms with Crippen LogP contribution in [0.5, 0.6) is 0 Å². The Morgan fingerprint density at radius 2 is 1.79 bits per heavy atom. The van der Waals surface area contributed by atoms with Crippen molar-refractivity contribution in [1.82, 2.24) is 14.7 Å². The SMILES string of the molecule is CN1CCC(N(C)C2=C(c3cccs3)C(=O)N(Cc3ccc(Cl)cc3)C2=O)CC1. The highest BCUT2D eigenvalue weighted by Gasteiger charge is 2.42. The van der Waals surface area contributed by atoms with Crippen LogP contribution >= 0.6 is 22.9 Å². The van der Waals surface area contributed by atoms with E-state index in [0.29, 0.717) is 16.3 Å². The second-order valence-corrected chi connectivity index (χ2v) is 9.05. The third-order valence-electron chi connectivity index (χ3n) is 5.75. The smallest absolute Gasteiger partial charge is 0.278 e. The number of halogens is 1. The van der Waals surface area contributed by atoms with E-state index in [4.69, 9.17) is 11.6 Å². The van der Waals surface area contributed by atoms with Gasteiger partial charge >= 0.3 is 0 Å². The minimum Gasteiger partial charge on any atom is -0.366 e. The first-order valence-corrected chi connectivity index (χ1v) is 11.0. The first-order chi connectivity index (χ1) is 14.0. The molecule has 4 rings (SSSR count). The Kier molecular flexibility index (Phi) is 5.76. The van der Waals surface area contributed by atoms with Crippen molar-refractivity contribution >= 4 is 40.3 Å². The molecule has 0 atom stereocenters. The molecule has 29 heavy (non-hydrogen) atoms. The maximum atomic E-state index is 13.4. The van der Waals surface area contributed by atoms with Gasteiger partial charge < -0.3 is 9.80 Å². The number of hydrogen-bond donors (Lipinski definition) is 0. The van der Waals surface area contributed by atoms with Gasteiger partial charge in [0.15, 0.2) is 0 Å². The molecule has 0 saturated carbocycles. The summed E-state index contributed by atoms with van der Waals surface area (Å²) in [4.78, 5) is 33.3. The second-order valence-electron chi connectivity index (χ2n) is 7.67. The quantitative estimate of drug-likeness (QED) is 0.679. The molecule has 2 amide bonds. The lowest BCUT2D eigenvalue weighted by Gasteiger charge is -2.36. The number of likely N-dealkylation sites (tertiary alicyclic amines) is 1. The predicted molar refractivity (Wildman–Crippen MR) is 117 cm³/mol. The van der Waals surface area contributed by atoms with Crippen LogP contribution in [0.1, 0.15) is 23.3 Å². The highest BCUT2D eigenvalue weighted by atomic mass is 35.5. The molecule has 152 valence electrons. The molecule has 0 bridgehead atoms. The van der Waals surface area contributed by atoms with Crippen molar-refractivity contribution < 1.29 is 9.59 Å². The van der Waals surface area contributed by atoms with Crippen LogP contribution in [0.15, 0.2) is 47.5 Å². The van der Waals surface area contributed by atoms with Crippen LogP contribution in [-0.2, 0) is 16.1 Å². The summed E-state index contributed by atoms with van der Waals surface area (Å²) in [6, 6.07) is 11.4. The van der Waals surface area contributed by atoms with Gasteiger partial charge in [0, 0.05) is 23.0 Å². The van der Waals surface area contributed by atoms with Gasteiger partial charge in [-0.1, -0.05) is 29.8 Å². The molecule has 1 aromatic carbocycles. The zero-order valence-electron chi connectivity index (χ0n) is 16.6. The zero-order valence-corrected chi connectivity index (χ0v) is 18.2. The number of carbonyl (C=O) groups excluding carboxylic acids is 2. The Morgan fingerprint density at radius 3 is 2.41 bits per heavy atom. The molecule has 3 heterocycles. The van der Waals surface area contributed by atoms with Crippen LogP contribution in [0.2, 0.25) is 5.02 Å². The van der Waals surface area contributed by atoms with Crippen LogP contribution in [0.25, 0.3) is 5.57 Å². The molecule has 1 aromatic heterocycles. The average molecular weight is 430 g/mol. The summed E-state index contributed by atoms with van der Waals surface area (Å²) in [5.74, 6) is -0.433. The molecule has 0 unspecified atom stereocenters. The molecular formula is C22H24ClN3O2S. The number of piperidine rings is 1. The Balaban J connectivity index is 1.66. The Bertz CT molecular complexity index is 931. The van der Waals surface area contributed by atoms with E-state index in [1.165, 1.54) is 16.2 Å². The maximum absolute atomic E-state index is 13.4. The summed E-state index contributed by atoms with van der Waals surface area (Å²) in [6.45, 7) is 2.23. The van der Waals surface area contributed by atoms with Crippen molar-refractivity contribution in [2.75, 3.05) is 27.2 Å². The summed E-state index contributed by atoms with van der Waals surface area (Å²) in [5.41, 5.74) is 1.94. The van der Waals surface area contributed by atoms with Crippen LogP contribution in [0.3, 0.4) is 0 Å². The molecule has 2 aromatic rings. The lowest BCUT2D eigenvalue weighted by atomic mass is 10.0. The number of benzene rings is 1. The van der Waals surface area contributed by atoms with Gasteiger partial charge in [0.25, 0.3) is 11.8 Å². The summed E-state index contributed by atoms with van der Waals surface area (Å²) in [6.07, 6.45) is 1.96. The summed E-state index contributed by atoms with van der Waals surface area (Å²) < 4.78 is 0. The Labute approximate surface area is 180 Å². The van der Waals surface area contributed by atoms with Crippen molar-refractivity contribution in [3.63, 3.8) is 0 Å². The molecule has 0 N–H and O–H groups in total. The first kappa shape index (κ1) is 20.1. The molecule has 5 nitrogen and oxygen atoms in total. The van der Waals surface area contributed by atoms with E-state index in [1.54, 1.807) is 12.1 Å². The van der Waals surface area contributed by atoms with E-state index >= 15 is 0 Å². The Morgan fingerprint density at radius 1 is 1.10 bits per heavy atom. The zero-order chi connectivity index (χ0) is 20.5. The number of imide groups is 1. The standard InChI is InChI=1S/C22H24ClN3O2S/c1-24-11-9-17(10-12-24)25(2)20-19(18-4-3-13-29-18)21(27)26(22(20)28)14-15-5-7-16(23)8-6-15/h3-8,13,17H,9-12,14H2,1-2H3. The molecule has 2 aliphatic heterocycles. The van der Waals surface area contributed by atoms with E-state index < -0.39 is 0 Å². The third-order valence-corrected chi connectivity index (χ3v) is 6.89. The van der Waals surface area contributed by atoms with Crippen molar-refractivity contribution in [3.05, 3.63) is 62.9 Å². The van der Waals surface area contributed by atoms with Gasteiger partial charge in [-0.3, -0.25) is 14.5 Å². The molecule has 1 fully saturated rings. The highest BCUT2D eigenvalue weighted by Crippen LogP contribution is 2.36. The van der Waals surface area contributed by atoms with Crippen molar-refractivity contribution in [2.45, 2.75) is 25.4 Å². The molecule has 1 saturated heterocycles. The van der Waals surface area contributed by atoms with Gasteiger partial charge in [0.1, 0.15) is 5.70 Å². The van der Waals surface area contributed by atoms with Gasteiger partial charge in [-0.05, 0) is 62.1 Å². The third kappa shape index (κ3) is 3.97. The topological polar surface area (TPSA) is 43.9 Å². The Hall–Kier alpha value is -2.15. The van der Waals surface area contributed by atoms with E-state index in [2.05, 4.69) is 11.9 Å². The summed E-state index contributed by atoms with van der Waals surface area (Å²) >= 11 is 7.47. The van der Waals surface area contributed by atoms with E-state index in [0.717, 1.165) is 36.4 Å². The number of carbonyl (C=O) groups is 2. The maximum Gasteiger partial charge on any atom is 0.278 e. The van der Waals surface area contributed by atoms with Gasteiger partial charge in [0.2, 0.25) is 0 Å². The average Bonchev–Trinajstić information content (AvgIpc) is 3.32. The highest BCUT2D eigenvalue weighted by molar-refractivity contribution is 7.11. The lowest BCUT2D eigenvalue weighted by Crippen LogP contribution is -2.43. The minimum absolute atomic E-state index is 0.213. The normalized spacial score (nSPS) is 18.8. The molecular weight excluding hydrogens is 406 g/mol. The van der Waals surface area contributed by atoms with Crippen LogP contribution in [0, 0.1) is 0 Å². The number of thiophene rings is 1. The largest absolute Gasteiger partial charge is 0.366 e. The number of rotatable bonds is 5. The van der Waals surface area contributed by atoms with Crippen LogP contribution in [-0.4, -0.2) is 59.7 Å². The number of likely N-dealkylation sites (N-methyl/N-ethyl adjacent to an activating group) is 1. The fraction of sp³-hybridized carbons (Fsp3) is 0.364. The monoisotopic (exact) mass is 429 g/mol. The van der Waals surface area contributed by atoms with Gasteiger partial charge in [-0.15, -0.1) is 11.3 Å². The predicted octanol–water partition coefficient (Wildman–Crippen LogP) is 3.71. The molecule has 0 aliphatic carbocycles. The molecule has 0 spiro atoms. The fourth-order valence-electron chi connectivity index (χ4n) is 4.01. The molecule has 0 radical (unpaired) electrons. The molecule has 7 heteroatoms. The van der Waals surface area contributed by atoms with Gasteiger partial charge in [0.05, 0.1) is 12.1 Å². The van der Waals surface area contributed by atoms with Crippen molar-refractivity contribution in [1.29, 1.82) is 0 Å². The van der Waals surface area contributed by atoms with E-state index in [1.807, 2.05) is 41.6 Å². The second kappa shape index (κ2) is 8.30. The van der Waals surface area contributed by atoms with Crippen molar-refractivity contribution in [2.24, 2.45) is 0 Å². The van der Waals surface area contributed by atoms with E-state index in [-0.39, 0.29) is 24.4 Å². The summed E-state index contributed by atoms with van der Waals surface area (Å²) in [5, 5.41) is 2.57. The van der Waals surface area contributed by atoms with Crippen LogP contribution < -0.4 is 0 Å². The number of nitrogens with zero attached hydrogens (tertiary/aromatic N) is 3. The fourth-order valence-corrected chi connectivity index (χ4v) is 4.90. The summed E-state index contributed by atoms with van der Waals surface area (Å²) in [7, 11) is 4.07. The number of hydrogen-bond acceptors (Lipinski definition) is 5. The first-order valence-electron chi connectivity index (χ1n) is 9.76. The van der Waals surface area contributed by atoms with Crippen molar-refractivity contribution in [3.8, 4) is 0 Å². The van der Waals surface area contributed by atoms with Gasteiger partial charge in [-0.2, -0.15) is 0 Å². The van der Waals surface area contributed by atoms with E-state index in [9.17, 15) is 9.59 Å².